The minimum absolute atomic E-state index is 0.00440. The Balaban J connectivity index is 1.47. The number of carbonyl (C=O) groups is 1. The average Bonchev–Trinajstić information content (AvgIpc) is 3.31. The Bertz CT molecular complexity index is 893. The molecule has 1 aromatic heterocycles. The van der Waals surface area contributed by atoms with E-state index in [1.807, 2.05) is 6.07 Å². The van der Waals surface area contributed by atoms with Gasteiger partial charge in [0.15, 0.2) is 5.58 Å². The third kappa shape index (κ3) is 7.90. The van der Waals surface area contributed by atoms with Gasteiger partial charge in [0, 0.05) is 6.54 Å². The highest BCUT2D eigenvalue weighted by Gasteiger charge is 2.38. The van der Waals surface area contributed by atoms with Crippen molar-refractivity contribution in [1.29, 1.82) is 0 Å². The predicted molar refractivity (Wildman–Crippen MR) is 130 cm³/mol. The van der Waals surface area contributed by atoms with Crippen molar-refractivity contribution in [3.8, 4) is 0 Å². The Morgan fingerprint density at radius 3 is 2.55 bits per heavy atom. The van der Waals surface area contributed by atoms with Crippen molar-refractivity contribution in [3.05, 3.63) is 23.8 Å². The molecule has 3 rings (SSSR count). The number of fused-ring (bicyclic) bond motifs is 1. The lowest BCUT2D eigenvalue weighted by molar-refractivity contribution is 0.0283. The van der Waals surface area contributed by atoms with Crippen LogP contribution in [-0.4, -0.2) is 46.9 Å². The highest BCUT2D eigenvalue weighted by Crippen LogP contribution is 2.25. The summed E-state index contributed by atoms with van der Waals surface area (Å²) >= 11 is 0. The van der Waals surface area contributed by atoms with Crippen LogP contribution in [0.3, 0.4) is 0 Å². The zero-order valence-electron chi connectivity index (χ0n) is 20.7. The molecule has 0 radical (unpaired) electrons. The van der Waals surface area contributed by atoms with Crippen LogP contribution >= 0.6 is 0 Å². The van der Waals surface area contributed by atoms with Crippen molar-refractivity contribution >= 4 is 23.2 Å². The molecular formula is C26H40FN3O3. The van der Waals surface area contributed by atoms with Crippen LogP contribution in [-0.2, 0) is 11.2 Å². The highest BCUT2D eigenvalue weighted by molar-refractivity contribution is 5.75. The Labute approximate surface area is 197 Å². The first-order chi connectivity index (χ1) is 15.7. The lowest BCUT2D eigenvalue weighted by atomic mass is 10.0. The number of hydrogen-bond acceptors (Lipinski definition) is 5. The second kappa shape index (κ2) is 11.7. The maximum atomic E-state index is 14.5. The van der Waals surface area contributed by atoms with Crippen LogP contribution in [0.1, 0.15) is 84.6 Å². The van der Waals surface area contributed by atoms with Crippen LogP contribution < -0.4 is 5.32 Å². The third-order valence-electron chi connectivity index (χ3n) is 5.98. The summed E-state index contributed by atoms with van der Waals surface area (Å²) in [5.74, 6) is 0. The molecular weight excluding hydrogens is 421 g/mol. The number of nitrogens with zero attached hydrogens (tertiary/aromatic N) is 2. The van der Waals surface area contributed by atoms with E-state index in [1.165, 1.54) is 61.8 Å². The molecule has 0 bridgehead atoms. The molecule has 2 atom stereocenters. The van der Waals surface area contributed by atoms with Gasteiger partial charge in [-0.25, -0.2) is 9.18 Å². The van der Waals surface area contributed by atoms with Crippen LogP contribution in [0.5, 0.6) is 0 Å². The summed E-state index contributed by atoms with van der Waals surface area (Å²) in [5.41, 5.74) is 2.08. The van der Waals surface area contributed by atoms with Crippen LogP contribution in [0, 0.1) is 0 Å². The third-order valence-corrected chi connectivity index (χ3v) is 5.98. The Kier molecular flexibility index (Phi) is 8.98. The number of benzene rings is 1. The molecule has 0 spiro atoms. The van der Waals surface area contributed by atoms with E-state index in [0.717, 1.165) is 11.9 Å². The van der Waals surface area contributed by atoms with Gasteiger partial charge in [0.05, 0.1) is 12.6 Å². The van der Waals surface area contributed by atoms with E-state index in [1.54, 1.807) is 20.8 Å². The summed E-state index contributed by atoms with van der Waals surface area (Å²) in [6, 6.07) is 5.77. The molecule has 0 saturated carbocycles. The fourth-order valence-corrected chi connectivity index (χ4v) is 4.19. The molecule has 1 aliphatic heterocycles. The first kappa shape index (κ1) is 25.3. The molecule has 184 valence electrons. The number of ether oxygens (including phenoxy) is 1. The summed E-state index contributed by atoms with van der Waals surface area (Å²) < 4.78 is 25.7. The molecule has 1 fully saturated rings. The summed E-state index contributed by atoms with van der Waals surface area (Å²) in [5, 5.41) is 3.03. The van der Waals surface area contributed by atoms with E-state index in [0.29, 0.717) is 5.58 Å². The fourth-order valence-electron chi connectivity index (χ4n) is 4.19. The monoisotopic (exact) mass is 461 g/mol. The van der Waals surface area contributed by atoms with Gasteiger partial charge < -0.3 is 19.4 Å². The number of hydrogen-bond donors (Lipinski definition) is 1. The van der Waals surface area contributed by atoms with Gasteiger partial charge in [0.2, 0.25) is 0 Å². The SMILES string of the molecule is CCCCCCCCCCc1ccc2oc(N[C@@H]3CN(C(=O)OC(C)(C)C)C[C@@H]3F)nc2c1. The number of aryl methyl sites for hydroxylation is 1. The number of unbranched alkanes of at least 4 members (excludes halogenated alkanes) is 7. The van der Waals surface area contributed by atoms with E-state index in [4.69, 9.17) is 9.15 Å². The Morgan fingerprint density at radius 1 is 1.15 bits per heavy atom. The number of carbonyl (C=O) groups excluding carboxylic acids is 1. The summed E-state index contributed by atoms with van der Waals surface area (Å²) in [6.07, 6.45) is 9.73. The topological polar surface area (TPSA) is 67.6 Å². The molecule has 0 aliphatic carbocycles. The van der Waals surface area contributed by atoms with Gasteiger partial charge in [-0.2, -0.15) is 4.98 Å². The van der Waals surface area contributed by atoms with E-state index >= 15 is 0 Å². The number of halogens is 1. The summed E-state index contributed by atoms with van der Waals surface area (Å²) in [7, 11) is 0. The molecule has 1 saturated heterocycles. The van der Waals surface area contributed by atoms with Gasteiger partial charge in [0.25, 0.3) is 6.01 Å². The number of likely N-dealkylation sites (tertiary alicyclic amines) is 1. The molecule has 0 unspecified atom stereocenters. The van der Waals surface area contributed by atoms with E-state index in [9.17, 15) is 9.18 Å². The van der Waals surface area contributed by atoms with Crippen LogP contribution in [0.25, 0.3) is 11.1 Å². The van der Waals surface area contributed by atoms with Crippen molar-refractivity contribution in [2.75, 3.05) is 18.4 Å². The second-order valence-electron chi connectivity index (χ2n) is 10.2. The van der Waals surface area contributed by atoms with E-state index in [2.05, 4.69) is 29.4 Å². The van der Waals surface area contributed by atoms with E-state index < -0.39 is 23.9 Å². The largest absolute Gasteiger partial charge is 0.444 e. The number of anilines is 1. The van der Waals surface area contributed by atoms with Crippen LogP contribution in [0.2, 0.25) is 0 Å². The van der Waals surface area contributed by atoms with Gasteiger partial charge in [-0.1, -0.05) is 57.9 Å². The number of amides is 1. The number of nitrogens with one attached hydrogen (secondary N) is 1. The average molecular weight is 462 g/mol. The number of aromatic nitrogens is 1. The molecule has 7 heteroatoms. The van der Waals surface area contributed by atoms with Gasteiger partial charge in [-0.05, 0) is 51.3 Å². The van der Waals surface area contributed by atoms with Crippen molar-refractivity contribution < 1.29 is 18.3 Å². The zero-order valence-corrected chi connectivity index (χ0v) is 20.7. The van der Waals surface area contributed by atoms with E-state index in [-0.39, 0.29) is 19.1 Å². The van der Waals surface area contributed by atoms with Crippen molar-refractivity contribution in [1.82, 2.24) is 9.88 Å². The summed E-state index contributed by atoms with van der Waals surface area (Å²) in [6.45, 7) is 7.84. The molecule has 33 heavy (non-hydrogen) atoms. The minimum Gasteiger partial charge on any atom is -0.444 e. The Hall–Kier alpha value is -2.31. The van der Waals surface area contributed by atoms with Gasteiger partial charge in [0.1, 0.15) is 17.3 Å². The maximum Gasteiger partial charge on any atom is 0.410 e. The second-order valence-corrected chi connectivity index (χ2v) is 10.2. The molecule has 2 heterocycles. The van der Waals surface area contributed by atoms with Crippen LogP contribution in [0.4, 0.5) is 15.2 Å². The van der Waals surface area contributed by atoms with Gasteiger partial charge >= 0.3 is 6.09 Å². The smallest absolute Gasteiger partial charge is 0.410 e. The first-order valence-electron chi connectivity index (χ1n) is 12.5. The van der Waals surface area contributed by atoms with Crippen molar-refractivity contribution in [2.45, 2.75) is 103 Å². The van der Waals surface area contributed by atoms with Crippen LogP contribution in [0.15, 0.2) is 22.6 Å². The predicted octanol–water partition coefficient (Wildman–Crippen LogP) is 6.88. The van der Waals surface area contributed by atoms with Gasteiger partial charge in [-0.3, -0.25) is 0 Å². The normalized spacial score (nSPS) is 18.8. The Morgan fingerprint density at radius 2 is 1.85 bits per heavy atom. The summed E-state index contributed by atoms with van der Waals surface area (Å²) in [4.78, 5) is 18.1. The minimum atomic E-state index is -1.22. The number of oxazole rings is 1. The molecule has 6 nitrogen and oxygen atoms in total. The lowest BCUT2D eigenvalue weighted by Gasteiger charge is -2.24. The van der Waals surface area contributed by atoms with Crippen molar-refractivity contribution in [2.24, 2.45) is 0 Å². The lowest BCUT2D eigenvalue weighted by Crippen LogP contribution is -2.36. The first-order valence-corrected chi connectivity index (χ1v) is 12.5. The molecule has 2 aromatic rings. The number of rotatable bonds is 11. The standard InChI is InChI=1S/C26H40FN3O3/c1-5-6-7-8-9-10-11-12-13-19-14-15-23-21(16-19)28-24(32-23)29-22-18-30(17-20(22)27)25(31)33-26(2,3)4/h14-16,20,22H,5-13,17-18H2,1-4H3,(H,28,29)/t20-,22+/m0/s1. The molecule has 1 aromatic carbocycles. The fraction of sp³-hybridized carbons (Fsp3) is 0.692. The molecule has 1 N–H and O–H groups in total. The highest BCUT2D eigenvalue weighted by atomic mass is 19.1. The van der Waals surface area contributed by atoms with Crippen molar-refractivity contribution in [3.63, 3.8) is 0 Å². The number of alkyl halides is 1. The quantitative estimate of drug-likeness (QED) is 0.369. The maximum absolute atomic E-state index is 14.5. The van der Waals surface area contributed by atoms with Gasteiger partial charge in [-0.15, -0.1) is 0 Å². The zero-order chi connectivity index (χ0) is 23.8. The molecule has 1 amide bonds. The molecule has 1 aliphatic rings.